The Balaban J connectivity index is 2.09. The molecule has 1 aliphatic rings. The van der Waals surface area contributed by atoms with Crippen LogP contribution in [0, 0.1) is 5.92 Å². The SMILES string of the molecule is CN1CCC(CN(C)c2nnccc2C(N)=S)C1. The molecule has 1 saturated heterocycles. The number of anilines is 1. The molecule has 0 spiro atoms. The van der Waals surface area contributed by atoms with E-state index in [1.165, 1.54) is 13.0 Å². The summed E-state index contributed by atoms with van der Waals surface area (Å²) in [4.78, 5) is 4.82. The van der Waals surface area contributed by atoms with Gasteiger partial charge in [0.25, 0.3) is 0 Å². The monoisotopic (exact) mass is 265 g/mol. The third-order valence-electron chi connectivity index (χ3n) is 3.35. The van der Waals surface area contributed by atoms with Crippen LogP contribution in [0.5, 0.6) is 0 Å². The molecular formula is C12H19N5S. The van der Waals surface area contributed by atoms with E-state index in [0.29, 0.717) is 10.9 Å². The van der Waals surface area contributed by atoms with Crippen LogP contribution in [0.4, 0.5) is 5.82 Å². The van der Waals surface area contributed by atoms with E-state index in [1.54, 1.807) is 6.20 Å². The summed E-state index contributed by atoms with van der Waals surface area (Å²) in [5.74, 6) is 1.45. The van der Waals surface area contributed by atoms with Crippen molar-refractivity contribution in [3.63, 3.8) is 0 Å². The fourth-order valence-electron chi connectivity index (χ4n) is 2.45. The van der Waals surface area contributed by atoms with E-state index in [1.807, 2.05) is 13.1 Å². The minimum Gasteiger partial charge on any atom is -0.389 e. The molecule has 2 N–H and O–H groups in total. The van der Waals surface area contributed by atoms with Crippen LogP contribution < -0.4 is 10.6 Å². The molecule has 0 amide bonds. The maximum absolute atomic E-state index is 5.71. The fraction of sp³-hybridized carbons (Fsp3) is 0.583. The minimum atomic E-state index is 0.371. The smallest absolute Gasteiger partial charge is 0.161 e. The van der Waals surface area contributed by atoms with Crippen LogP contribution in [0.3, 0.4) is 0 Å². The minimum absolute atomic E-state index is 0.371. The van der Waals surface area contributed by atoms with Crippen molar-refractivity contribution in [1.82, 2.24) is 15.1 Å². The quantitative estimate of drug-likeness (QED) is 0.800. The van der Waals surface area contributed by atoms with Crippen LogP contribution in [0.1, 0.15) is 12.0 Å². The summed E-state index contributed by atoms with van der Waals surface area (Å²) >= 11 is 5.05. The van der Waals surface area contributed by atoms with Gasteiger partial charge in [0, 0.05) is 20.1 Å². The van der Waals surface area contributed by atoms with Gasteiger partial charge in [0.05, 0.1) is 11.8 Å². The maximum atomic E-state index is 5.71. The van der Waals surface area contributed by atoms with E-state index in [-0.39, 0.29) is 0 Å². The van der Waals surface area contributed by atoms with Gasteiger partial charge in [-0.3, -0.25) is 0 Å². The summed E-state index contributed by atoms with van der Waals surface area (Å²) in [6.07, 6.45) is 2.85. The standard InChI is InChI=1S/C12H19N5S/c1-16-6-4-9(7-16)8-17(2)12-10(11(13)18)3-5-14-15-12/h3,5,9H,4,6-8H2,1-2H3,(H2,13,18). The second-order valence-corrected chi connectivity index (χ2v) is 5.37. The zero-order valence-electron chi connectivity index (χ0n) is 10.8. The number of hydrogen-bond acceptors (Lipinski definition) is 5. The van der Waals surface area contributed by atoms with Gasteiger partial charge in [0.15, 0.2) is 5.82 Å². The molecule has 1 atom stereocenters. The van der Waals surface area contributed by atoms with Crippen LogP contribution in [0.25, 0.3) is 0 Å². The Bertz CT molecular complexity index is 436. The van der Waals surface area contributed by atoms with Gasteiger partial charge in [-0.1, -0.05) is 12.2 Å². The largest absolute Gasteiger partial charge is 0.389 e. The van der Waals surface area contributed by atoms with Crippen LogP contribution in [-0.2, 0) is 0 Å². The zero-order valence-corrected chi connectivity index (χ0v) is 11.7. The van der Waals surface area contributed by atoms with E-state index >= 15 is 0 Å². The van der Waals surface area contributed by atoms with Crippen LogP contribution >= 0.6 is 12.2 Å². The van der Waals surface area contributed by atoms with Gasteiger partial charge in [-0.15, -0.1) is 5.10 Å². The Kier molecular flexibility index (Phi) is 4.08. The second-order valence-electron chi connectivity index (χ2n) is 4.93. The molecule has 98 valence electrons. The molecule has 18 heavy (non-hydrogen) atoms. The first-order valence-electron chi connectivity index (χ1n) is 6.09. The van der Waals surface area contributed by atoms with Gasteiger partial charge in [0.2, 0.25) is 0 Å². The van der Waals surface area contributed by atoms with Crippen molar-refractivity contribution in [2.45, 2.75) is 6.42 Å². The number of nitrogens with zero attached hydrogens (tertiary/aromatic N) is 4. The number of nitrogens with two attached hydrogens (primary N) is 1. The predicted octanol–water partition coefficient (Wildman–Crippen LogP) is 0.499. The molecule has 1 unspecified atom stereocenters. The van der Waals surface area contributed by atoms with E-state index < -0.39 is 0 Å². The summed E-state index contributed by atoms with van der Waals surface area (Å²) in [7, 11) is 4.17. The van der Waals surface area contributed by atoms with E-state index in [0.717, 1.165) is 24.5 Å². The van der Waals surface area contributed by atoms with Crippen LogP contribution in [0.15, 0.2) is 12.3 Å². The number of aromatic nitrogens is 2. The summed E-state index contributed by atoms with van der Waals surface area (Å²) < 4.78 is 0. The highest BCUT2D eigenvalue weighted by Crippen LogP contribution is 2.20. The van der Waals surface area contributed by atoms with Crippen molar-refractivity contribution >= 4 is 23.0 Å². The molecule has 0 aliphatic carbocycles. The highest BCUT2D eigenvalue weighted by atomic mass is 32.1. The predicted molar refractivity (Wildman–Crippen MR) is 76.8 cm³/mol. The van der Waals surface area contributed by atoms with Crippen molar-refractivity contribution in [2.75, 3.05) is 38.6 Å². The first kappa shape index (κ1) is 13.2. The number of rotatable bonds is 4. The van der Waals surface area contributed by atoms with Crippen LogP contribution in [-0.4, -0.2) is 53.8 Å². The van der Waals surface area contributed by atoms with Gasteiger partial charge in [0.1, 0.15) is 4.99 Å². The van der Waals surface area contributed by atoms with Crippen molar-refractivity contribution in [1.29, 1.82) is 0 Å². The van der Waals surface area contributed by atoms with Crippen molar-refractivity contribution in [3.05, 3.63) is 17.8 Å². The van der Waals surface area contributed by atoms with E-state index in [4.69, 9.17) is 18.0 Å². The first-order chi connectivity index (χ1) is 8.58. The molecule has 5 nitrogen and oxygen atoms in total. The second kappa shape index (κ2) is 5.58. The average molecular weight is 265 g/mol. The Morgan fingerprint density at radius 2 is 2.44 bits per heavy atom. The lowest BCUT2D eigenvalue weighted by Gasteiger charge is -2.23. The molecule has 2 heterocycles. The fourth-order valence-corrected chi connectivity index (χ4v) is 2.61. The molecule has 0 aromatic carbocycles. The number of likely N-dealkylation sites (tertiary alicyclic amines) is 1. The Morgan fingerprint density at radius 3 is 3.06 bits per heavy atom. The van der Waals surface area contributed by atoms with E-state index in [9.17, 15) is 0 Å². The molecule has 0 radical (unpaired) electrons. The van der Waals surface area contributed by atoms with Gasteiger partial charge in [-0.05, 0) is 32.0 Å². The van der Waals surface area contributed by atoms with Gasteiger partial charge >= 0.3 is 0 Å². The third-order valence-corrected chi connectivity index (χ3v) is 3.57. The summed E-state index contributed by atoms with van der Waals surface area (Å²) in [5, 5.41) is 8.08. The Labute approximate surface area is 113 Å². The number of thiocarbonyl (C=S) groups is 1. The Morgan fingerprint density at radius 1 is 1.67 bits per heavy atom. The molecule has 1 aromatic heterocycles. The maximum Gasteiger partial charge on any atom is 0.161 e. The molecule has 6 heteroatoms. The molecular weight excluding hydrogens is 246 g/mol. The molecule has 1 fully saturated rings. The molecule has 0 saturated carbocycles. The molecule has 0 bridgehead atoms. The topological polar surface area (TPSA) is 58.3 Å². The van der Waals surface area contributed by atoms with E-state index in [2.05, 4.69) is 27.0 Å². The lowest BCUT2D eigenvalue weighted by atomic mass is 10.1. The summed E-state index contributed by atoms with van der Waals surface area (Å²) in [6.45, 7) is 3.26. The van der Waals surface area contributed by atoms with Gasteiger partial charge < -0.3 is 15.5 Å². The number of hydrogen-bond donors (Lipinski definition) is 1. The lowest BCUT2D eigenvalue weighted by molar-refractivity contribution is 0.395. The molecule has 1 aliphatic heterocycles. The Hall–Kier alpha value is -1.27. The van der Waals surface area contributed by atoms with Crippen molar-refractivity contribution in [3.8, 4) is 0 Å². The molecule has 2 rings (SSSR count). The normalized spacial score (nSPS) is 20.0. The highest BCUT2D eigenvalue weighted by Gasteiger charge is 2.22. The first-order valence-corrected chi connectivity index (χ1v) is 6.50. The van der Waals surface area contributed by atoms with Crippen LogP contribution in [0.2, 0.25) is 0 Å². The van der Waals surface area contributed by atoms with Gasteiger partial charge in [-0.25, -0.2) is 0 Å². The summed E-state index contributed by atoms with van der Waals surface area (Å²) in [6, 6.07) is 1.82. The summed E-state index contributed by atoms with van der Waals surface area (Å²) in [5.41, 5.74) is 6.51. The van der Waals surface area contributed by atoms with Crippen molar-refractivity contribution < 1.29 is 0 Å². The van der Waals surface area contributed by atoms with Gasteiger partial charge in [-0.2, -0.15) is 5.10 Å². The third kappa shape index (κ3) is 2.94. The van der Waals surface area contributed by atoms with Crippen molar-refractivity contribution in [2.24, 2.45) is 11.7 Å². The average Bonchev–Trinajstić information content (AvgIpc) is 2.74. The highest BCUT2D eigenvalue weighted by molar-refractivity contribution is 7.80. The zero-order chi connectivity index (χ0) is 13.1. The lowest BCUT2D eigenvalue weighted by Crippen LogP contribution is -2.30. The molecule has 1 aromatic rings.